The molecule has 5 heteroatoms. The number of likely N-dealkylation sites (N-methyl/N-ethyl adjacent to an activating group) is 2. The van der Waals surface area contributed by atoms with Gasteiger partial charge < -0.3 is 14.8 Å². The lowest BCUT2D eigenvalue weighted by Crippen LogP contribution is -2.26. The number of carboxylic acids is 1. The molecule has 1 rings (SSSR count). The fourth-order valence-electron chi connectivity index (χ4n) is 1.48. The Kier molecular flexibility index (Phi) is 4.52. The molecule has 16 heavy (non-hydrogen) atoms. The molecule has 0 saturated heterocycles. The minimum atomic E-state index is -0.939. The van der Waals surface area contributed by atoms with Crippen LogP contribution in [0.15, 0.2) is 10.5 Å². The molecule has 90 valence electrons. The minimum Gasteiger partial charge on any atom is -0.478 e. The van der Waals surface area contributed by atoms with Gasteiger partial charge in [-0.2, -0.15) is 0 Å². The number of rotatable bonds is 6. The quantitative estimate of drug-likeness (QED) is 0.755. The summed E-state index contributed by atoms with van der Waals surface area (Å²) in [6, 6.07) is 1.59. The summed E-state index contributed by atoms with van der Waals surface area (Å²) in [5.41, 5.74) is 0.247. The summed E-state index contributed by atoms with van der Waals surface area (Å²) in [6.45, 7) is 4.07. The fourth-order valence-corrected chi connectivity index (χ4v) is 1.48. The lowest BCUT2D eigenvalue weighted by atomic mass is 10.2. The van der Waals surface area contributed by atoms with Gasteiger partial charge in [0.1, 0.15) is 17.1 Å². The second kappa shape index (κ2) is 5.67. The van der Waals surface area contributed by atoms with E-state index in [2.05, 4.69) is 10.2 Å². The van der Waals surface area contributed by atoms with Gasteiger partial charge >= 0.3 is 5.97 Å². The smallest absolute Gasteiger partial charge is 0.339 e. The molecule has 0 fully saturated rings. The molecule has 0 aromatic carbocycles. The Hall–Kier alpha value is -1.33. The third kappa shape index (κ3) is 3.36. The van der Waals surface area contributed by atoms with Crippen LogP contribution in [0.4, 0.5) is 0 Å². The van der Waals surface area contributed by atoms with Gasteiger partial charge in [-0.25, -0.2) is 4.79 Å². The van der Waals surface area contributed by atoms with E-state index in [1.807, 2.05) is 14.1 Å². The van der Waals surface area contributed by atoms with E-state index in [1.54, 1.807) is 13.0 Å². The van der Waals surface area contributed by atoms with E-state index in [4.69, 9.17) is 9.52 Å². The van der Waals surface area contributed by atoms with Crippen molar-refractivity contribution in [1.29, 1.82) is 0 Å². The van der Waals surface area contributed by atoms with E-state index >= 15 is 0 Å². The van der Waals surface area contributed by atoms with Crippen LogP contribution in [0.2, 0.25) is 0 Å². The predicted octanol–water partition coefficient (Wildman–Crippen LogP) is 0.937. The largest absolute Gasteiger partial charge is 0.478 e. The number of hydrogen-bond acceptors (Lipinski definition) is 4. The molecule has 0 aliphatic rings. The molecule has 1 heterocycles. The SMILES string of the molecule is CNCCN(C)Cc1cc(C(=O)O)c(C)o1. The Balaban J connectivity index is 2.60. The van der Waals surface area contributed by atoms with Crippen LogP contribution in [-0.2, 0) is 6.54 Å². The van der Waals surface area contributed by atoms with E-state index < -0.39 is 5.97 Å². The lowest BCUT2D eigenvalue weighted by Gasteiger charge is -2.14. The first-order chi connectivity index (χ1) is 7.54. The van der Waals surface area contributed by atoms with Crippen LogP contribution in [0.25, 0.3) is 0 Å². The van der Waals surface area contributed by atoms with Gasteiger partial charge in [-0.3, -0.25) is 4.90 Å². The van der Waals surface area contributed by atoms with Gasteiger partial charge in [-0.05, 0) is 27.1 Å². The third-order valence-electron chi connectivity index (χ3n) is 2.37. The molecule has 0 unspecified atom stereocenters. The van der Waals surface area contributed by atoms with Crippen molar-refractivity contribution in [2.75, 3.05) is 27.2 Å². The second-order valence-electron chi connectivity index (χ2n) is 3.83. The van der Waals surface area contributed by atoms with Gasteiger partial charge in [-0.1, -0.05) is 0 Å². The van der Waals surface area contributed by atoms with E-state index in [0.717, 1.165) is 13.1 Å². The number of furan rings is 1. The van der Waals surface area contributed by atoms with Gasteiger partial charge in [0.15, 0.2) is 0 Å². The maximum atomic E-state index is 10.8. The Morgan fingerprint density at radius 1 is 1.62 bits per heavy atom. The van der Waals surface area contributed by atoms with Crippen molar-refractivity contribution >= 4 is 5.97 Å². The zero-order chi connectivity index (χ0) is 12.1. The van der Waals surface area contributed by atoms with Crippen LogP contribution in [0.5, 0.6) is 0 Å². The zero-order valence-corrected chi connectivity index (χ0v) is 9.91. The second-order valence-corrected chi connectivity index (χ2v) is 3.83. The molecule has 1 aromatic rings. The maximum Gasteiger partial charge on any atom is 0.339 e. The maximum absolute atomic E-state index is 10.8. The average Bonchev–Trinajstić information content (AvgIpc) is 2.56. The van der Waals surface area contributed by atoms with Crippen LogP contribution in [0, 0.1) is 6.92 Å². The highest BCUT2D eigenvalue weighted by Gasteiger charge is 2.14. The summed E-state index contributed by atoms with van der Waals surface area (Å²) in [5.74, 6) is 0.211. The van der Waals surface area contributed by atoms with Crippen molar-refractivity contribution in [2.24, 2.45) is 0 Å². The van der Waals surface area contributed by atoms with Crippen molar-refractivity contribution in [3.63, 3.8) is 0 Å². The molecule has 0 amide bonds. The van der Waals surface area contributed by atoms with Gasteiger partial charge in [0.05, 0.1) is 6.54 Å². The summed E-state index contributed by atoms with van der Waals surface area (Å²) >= 11 is 0. The summed E-state index contributed by atoms with van der Waals surface area (Å²) in [6.07, 6.45) is 0. The molecule has 0 aliphatic heterocycles. The van der Waals surface area contributed by atoms with Gasteiger partial charge in [0.2, 0.25) is 0 Å². The summed E-state index contributed by atoms with van der Waals surface area (Å²) in [7, 11) is 3.86. The Morgan fingerprint density at radius 3 is 2.81 bits per heavy atom. The molecule has 0 radical (unpaired) electrons. The summed E-state index contributed by atoms with van der Waals surface area (Å²) in [4.78, 5) is 12.9. The number of carbonyl (C=O) groups is 1. The first-order valence-corrected chi connectivity index (χ1v) is 5.20. The average molecular weight is 226 g/mol. The van der Waals surface area contributed by atoms with Crippen LogP contribution >= 0.6 is 0 Å². The van der Waals surface area contributed by atoms with Gasteiger partial charge in [0.25, 0.3) is 0 Å². The molecule has 0 atom stereocenters. The molecular weight excluding hydrogens is 208 g/mol. The molecule has 0 spiro atoms. The van der Waals surface area contributed by atoms with Crippen LogP contribution in [-0.4, -0.2) is 43.2 Å². The van der Waals surface area contributed by atoms with Crippen molar-refractivity contribution < 1.29 is 14.3 Å². The molecule has 0 aliphatic carbocycles. The molecular formula is C11H18N2O3. The van der Waals surface area contributed by atoms with Crippen molar-refractivity contribution in [3.05, 3.63) is 23.2 Å². The van der Waals surface area contributed by atoms with Crippen LogP contribution in [0.1, 0.15) is 21.9 Å². The summed E-state index contributed by atoms with van der Waals surface area (Å²) in [5, 5.41) is 11.9. The number of hydrogen-bond donors (Lipinski definition) is 2. The number of carboxylic acid groups (broad SMARTS) is 1. The lowest BCUT2D eigenvalue weighted by molar-refractivity contribution is 0.0695. The monoisotopic (exact) mass is 226 g/mol. The highest BCUT2D eigenvalue weighted by molar-refractivity contribution is 5.88. The Bertz CT molecular complexity index is 360. The Morgan fingerprint density at radius 2 is 2.31 bits per heavy atom. The van der Waals surface area contributed by atoms with Crippen LogP contribution in [0.3, 0.4) is 0 Å². The normalized spacial score (nSPS) is 11.0. The standard InChI is InChI=1S/C11H18N2O3/c1-8-10(11(14)15)6-9(16-8)7-13(3)5-4-12-2/h6,12H,4-5,7H2,1-3H3,(H,14,15). The number of aromatic carboxylic acids is 1. The van der Waals surface area contributed by atoms with E-state index in [-0.39, 0.29) is 5.56 Å². The minimum absolute atomic E-state index is 0.247. The molecule has 1 aromatic heterocycles. The van der Waals surface area contributed by atoms with Crippen LogP contribution < -0.4 is 5.32 Å². The van der Waals surface area contributed by atoms with Gasteiger partial charge in [0, 0.05) is 13.1 Å². The van der Waals surface area contributed by atoms with Crippen molar-refractivity contribution in [3.8, 4) is 0 Å². The highest BCUT2D eigenvalue weighted by atomic mass is 16.4. The van der Waals surface area contributed by atoms with Crippen molar-refractivity contribution in [2.45, 2.75) is 13.5 Å². The first kappa shape index (κ1) is 12.7. The van der Waals surface area contributed by atoms with E-state index in [1.165, 1.54) is 0 Å². The number of nitrogens with zero attached hydrogens (tertiary/aromatic N) is 1. The third-order valence-corrected chi connectivity index (χ3v) is 2.37. The molecule has 0 bridgehead atoms. The van der Waals surface area contributed by atoms with E-state index in [9.17, 15) is 4.79 Å². The number of nitrogens with one attached hydrogen (secondary N) is 1. The fraction of sp³-hybridized carbons (Fsp3) is 0.545. The van der Waals surface area contributed by atoms with Crippen molar-refractivity contribution in [1.82, 2.24) is 10.2 Å². The molecule has 2 N–H and O–H groups in total. The molecule has 5 nitrogen and oxygen atoms in total. The Labute approximate surface area is 95.0 Å². The topological polar surface area (TPSA) is 65.7 Å². The van der Waals surface area contributed by atoms with Gasteiger partial charge in [-0.15, -0.1) is 0 Å². The summed E-state index contributed by atoms with van der Waals surface area (Å²) < 4.78 is 5.38. The zero-order valence-electron chi connectivity index (χ0n) is 9.91. The first-order valence-electron chi connectivity index (χ1n) is 5.20. The molecule has 0 saturated carbocycles. The van der Waals surface area contributed by atoms with E-state index in [0.29, 0.717) is 18.1 Å². The highest BCUT2D eigenvalue weighted by Crippen LogP contribution is 2.15. The predicted molar refractivity (Wildman–Crippen MR) is 60.7 cm³/mol. The number of aryl methyl sites for hydroxylation is 1.